The molecule has 0 heterocycles. The van der Waals surface area contributed by atoms with Crippen LogP contribution < -0.4 is 4.74 Å². The van der Waals surface area contributed by atoms with Crippen molar-refractivity contribution in [1.82, 2.24) is 0 Å². The molecule has 1 N–H and O–H groups in total. The number of hydrogen-bond acceptors (Lipinski definition) is 3. The van der Waals surface area contributed by atoms with Crippen LogP contribution in [0.15, 0.2) is 18.2 Å². The first-order chi connectivity index (χ1) is 7.60. The number of halogens is 1. The maximum atomic E-state index is 13.5. The van der Waals surface area contributed by atoms with Gasteiger partial charge in [-0.3, -0.25) is 0 Å². The number of methoxy groups -OCH3 is 1. The second-order valence-electron chi connectivity index (χ2n) is 3.06. The Morgan fingerprint density at radius 2 is 2.25 bits per heavy atom. The Labute approximate surface area is 92.6 Å². The van der Waals surface area contributed by atoms with E-state index in [9.17, 15) is 9.18 Å². The lowest BCUT2D eigenvalue weighted by molar-refractivity contribution is -0.150. The molecule has 1 aromatic rings. The third-order valence-electron chi connectivity index (χ3n) is 2.05. The molecule has 0 radical (unpaired) electrons. The largest absolute Gasteiger partial charge is 0.497 e. The van der Waals surface area contributed by atoms with Crippen LogP contribution >= 0.6 is 0 Å². The van der Waals surface area contributed by atoms with Crippen molar-refractivity contribution >= 4 is 5.97 Å². The van der Waals surface area contributed by atoms with E-state index in [1.54, 1.807) is 6.92 Å². The molecule has 0 unspecified atom stereocenters. The van der Waals surface area contributed by atoms with Crippen LogP contribution in [0.25, 0.3) is 0 Å². The maximum Gasteiger partial charge on any atom is 0.337 e. The van der Waals surface area contributed by atoms with Gasteiger partial charge in [0.1, 0.15) is 11.6 Å². The lowest BCUT2D eigenvalue weighted by Crippen LogP contribution is -2.16. The van der Waals surface area contributed by atoms with Gasteiger partial charge in [0.05, 0.1) is 7.11 Å². The molecule has 0 saturated heterocycles. The third kappa shape index (κ3) is 2.70. The van der Waals surface area contributed by atoms with Gasteiger partial charge in [-0.15, -0.1) is 0 Å². The van der Waals surface area contributed by atoms with E-state index < -0.39 is 17.9 Å². The van der Waals surface area contributed by atoms with Gasteiger partial charge in [-0.1, -0.05) is 0 Å². The predicted molar refractivity (Wildman–Crippen MR) is 55.0 cm³/mol. The highest BCUT2D eigenvalue weighted by Crippen LogP contribution is 2.24. The van der Waals surface area contributed by atoms with Gasteiger partial charge in [-0.25, -0.2) is 9.18 Å². The summed E-state index contributed by atoms with van der Waals surface area (Å²) in [6.07, 6.45) is -1.28. The van der Waals surface area contributed by atoms with Crippen molar-refractivity contribution in [3.63, 3.8) is 0 Å². The zero-order valence-electron chi connectivity index (χ0n) is 9.07. The zero-order valence-corrected chi connectivity index (χ0v) is 9.07. The Hall–Kier alpha value is -1.62. The van der Waals surface area contributed by atoms with Crippen molar-refractivity contribution in [2.24, 2.45) is 0 Å². The van der Waals surface area contributed by atoms with E-state index in [4.69, 9.17) is 14.6 Å². The molecule has 0 bridgehead atoms. The normalized spacial score (nSPS) is 12.2. The molecule has 0 spiro atoms. The summed E-state index contributed by atoms with van der Waals surface area (Å²) in [5.41, 5.74) is -0.00449. The van der Waals surface area contributed by atoms with E-state index in [-0.39, 0.29) is 12.2 Å². The zero-order chi connectivity index (χ0) is 12.1. The predicted octanol–water partition coefficient (Wildman–Crippen LogP) is 2.00. The van der Waals surface area contributed by atoms with Crippen LogP contribution in [-0.4, -0.2) is 24.8 Å². The van der Waals surface area contributed by atoms with Crippen molar-refractivity contribution in [2.75, 3.05) is 13.7 Å². The van der Waals surface area contributed by atoms with Crippen molar-refractivity contribution in [1.29, 1.82) is 0 Å². The Kier molecular flexibility index (Phi) is 4.25. The molecule has 0 saturated carbocycles. The van der Waals surface area contributed by atoms with E-state index in [0.29, 0.717) is 5.75 Å². The second-order valence-corrected chi connectivity index (χ2v) is 3.06. The first-order valence-electron chi connectivity index (χ1n) is 4.78. The average molecular weight is 228 g/mol. The number of carbonyl (C=O) groups is 1. The van der Waals surface area contributed by atoms with E-state index in [0.717, 1.165) is 6.07 Å². The highest BCUT2D eigenvalue weighted by atomic mass is 19.1. The summed E-state index contributed by atoms with van der Waals surface area (Å²) in [4.78, 5) is 10.9. The molecule has 88 valence electrons. The number of hydrogen-bond donors (Lipinski definition) is 1. The Morgan fingerprint density at radius 1 is 1.56 bits per heavy atom. The molecular formula is C11H13FO4. The van der Waals surface area contributed by atoms with E-state index >= 15 is 0 Å². The van der Waals surface area contributed by atoms with Gasteiger partial charge >= 0.3 is 5.97 Å². The molecule has 0 aliphatic rings. The van der Waals surface area contributed by atoms with Crippen molar-refractivity contribution < 1.29 is 23.8 Å². The number of benzene rings is 1. The van der Waals surface area contributed by atoms with Crippen LogP contribution in [0.2, 0.25) is 0 Å². The van der Waals surface area contributed by atoms with Gasteiger partial charge in [0.15, 0.2) is 6.10 Å². The van der Waals surface area contributed by atoms with Gasteiger partial charge in [0, 0.05) is 18.2 Å². The smallest absolute Gasteiger partial charge is 0.337 e. The van der Waals surface area contributed by atoms with Crippen LogP contribution in [0.4, 0.5) is 4.39 Å². The van der Waals surface area contributed by atoms with Gasteiger partial charge in [0.2, 0.25) is 0 Å². The summed E-state index contributed by atoms with van der Waals surface area (Å²) in [6, 6.07) is 3.97. The second kappa shape index (κ2) is 5.46. The van der Waals surface area contributed by atoms with Gasteiger partial charge < -0.3 is 14.6 Å². The van der Waals surface area contributed by atoms with Crippen molar-refractivity contribution in [3.8, 4) is 5.75 Å². The highest BCUT2D eigenvalue weighted by Gasteiger charge is 2.23. The molecule has 1 atom stereocenters. The average Bonchev–Trinajstić information content (AvgIpc) is 2.26. The number of carboxylic acids is 1. The monoisotopic (exact) mass is 228 g/mol. The number of rotatable bonds is 5. The molecular weight excluding hydrogens is 215 g/mol. The first kappa shape index (κ1) is 12.4. The molecule has 16 heavy (non-hydrogen) atoms. The lowest BCUT2D eigenvalue weighted by atomic mass is 10.1. The van der Waals surface area contributed by atoms with Crippen LogP contribution in [0.1, 0.15) is 18.6 Å². The van der Waals surface area contributed by atoms with Gasteiger partial charge in [0.25, 0.3) is 0 Å². The molecule has 0 fully saturated rings. The Balaban J connectivity index is 3.05. The number of carboxylic acid groups (broad SMARTS) is 1. The molecule has 1 aromatic carbocycles. The molecule has 0 amide bonds. The van der Waals surface area contributed by atoms with E-state index in [1.807, 2.05) is 0 Å². The molecule has 0 aromatic heterocycles. The van der Waals surface area contributed by atoms with Crippen molar-refractivity contribution in [2.45, 2.75) is 13.0 Å². The van der Waals surface area contributed by atoms with Crippen LogP contribution in [0, 0.1) is 5.82 Å². The summed E-state index contributed by atoms with van der Waals surface area (Å²) >= 11 is 0. The standard InChI is InChI=1S/C11H13FO4/c1-3-16-10(11(13)14)8-5-4-7(15-2)6-9(8)12/h4-6,10H,3H2,1-2H3,(H,13,14)/t10-/m1/s1. The Morgan fingerprint density at radius 3 is 2.69 bits per heavy atom. The quantitative estimate of drug-likeness (QED) is 0.837. The van der Waals surface area contributed by atoms with E-state index in [1.165, 1.54) is 19.2 Å². The fourth-order valence-corrected chi connectivity index (χ4v) is 1.31. The van der Waals surface area contributed by atoms with E-state index in [2.05, 4.69) is 0 Å². The minimum Gasteiger partial charge on any atom is -0.497 e. The highest BCUT2D eigenvalue weighted by molar-refractivity contribution is 5.74. The first-order valence-corrected chi connectivity index (χ1v) is 4.78. The summed E-state index contributed by atoms with van der Waals surface area (Å²) in [6.45, 7) is 1.85. The Bertz CT molecular complexity index is 378. The van der Waals surface area contributed by atoms with Crippen LogP contribution in [-0.2, 0) is 9.53 Å². The molecule has 0 aliphatic heterocycles. The third-order valence-corrected chi connectivity index (χ3v) is 2.05. The summed E-state index contributed by atoms with van der Waals surface area (Å²) < 4.78 is 23.3. The van der Waals surface area contributed by atoms with Crippen LogP contribution in [0.5, 0.6) is 5.75 Å². The lowest BCUT2D eigenvalue weighted by Gasteiger charge is -2.13. The molecule has 4 nitrogen and oxygen atoms in total. The van der Waals surface area contributed by atoms with Crippen molar-refractivity contribution in [3.05, 3.63) is 29.6 Å². The van der Waals surface area contributed by atoms with Gasteiger partial charge in [-0.2, -0.15) is 0 Å². The molecule has 0 aliphatic carbocycles. The summed E-state index contributed by atoms with van der Waals surface area (Å²) in [7, 11) is 1.41. The topological polar surface area (TPSA) is 55.8 Å². The fourth-order valence-electron chi connectivity index (χ4n) is 1.31. The maximum absolute atomic E-state index is 13.5. The molecule has 1 rings (SSSR count). The number of ether oxygens (including phenoxy) is 2. The summed E-state index contributed by atoms with van der Waals surface area (Å²) in [5, 5.41) is 8.89. The SMILES string of the molecule is CCO[C@@H](C(=O)O)c1ccc(OC)cc1F. The summed E-state index contributed by atoms with van der Waals surface area (Å²) in [5.74, 6) is -1.53. The fraction of sp³-hybridized carbons (Fsp3) is 0.364. The van der Waals surface area contributed by atoms with Crippen LogP contribution in [0.3, 0.4) is 0 Å². The minimum absolute atomic E-state index is 0.00449. The number of aliphatic carboxylic acids is 1. The molecule has 5 heteroatoms. The van der Waals surface area contributed by atoms with Gasteiger partial charge in [-0.05, 0) is 19.1 Å². The minimum atomic E-state index is -1.28.